The van der Waals surface area contributed by atoms with E-state index in [2.05, 4.69) is 6.92 Å². The maximum absolute atomic E-state index is 11.3. The lowest BCUT2D eigenvalue weighted by atomic mass is 9.99. The first kappa shape index (κ1) is 20.9. The summed E-state index contributed by atoms with van der Waals surface area (Å²) in [4.78, 5) is 22.5. The monoisotopic (exact) mass is 314 g/mol. The summed E-state index contributed by atoms with van der Waals surface area (Å²) in [5, 5.41) is 0. The van der Waals surface area contributed by atoms with E-state index in [0.717, 1.165) is 19.3 Å². The summed E-state index contributed by atoms with van der Waals surface area (Å²) in [5.74, 6) is 0.276. The second-order valence-corrected chi connectivity index (χ2v) is 5.93. The Balaban J connectivity index is 3.29. The first-order valence-electron chi connectivity index (χ1n) is 8.91. The second-order valence-electron chi connectivity index (χ2n) is 5.93. The van der Waals surface area contributed by atoms with Gasteiger partial charge in [0.05, 0.1) is 13.2 Å². The summed E-state index contributed by atoms with van der Waals surface area (Å²) >= 11 is 0. The zero-order chi connectivity index (χ0) is 16.6. The molecule has 0 N–H and O–H groups in total. The Morgan fingerprint density at radius 1 is 0.773 bits per heavy atom. The molecule has 0 spiro atoms. The van der Waals surface area contributed by atoms with E-state index in [-0.39, 0.29) is 11.9 Å². The smallest absolute Gasteiger partial charge is 0.306 e. The van der Waals surface area contributed by atoms with E-state index in [1.54, 1.807) is 0 Å². The molecule has 0 aliphatic heterocycles. The maximum atomic E-state index is 11.3. The average molecular weight is 314 g/mol. The van der Waals surface area contributed by atoms with Crippen molar-refractivity contribution in [1.82, 2.24) is 0 Å². The predicted molar refractivity (Wildman–Crippen MR) is 88.6 cm³/mol. The van der Waals surface area contributed by atoms with Gasteiger partial charge in [0.2, 0.25) is 0 Å². The van der Waals surface area contributed by atoms with Gasteiger partial charge in [0.25, 0.3) is 0 Å². The molecule has 0 fully saturated rings. The molecular formula is C18H34O4. The Bertz CT molecular complexity index is 289. The van der Waals surface area contributed by atoms with E-state index in [9.17, 15) is 9.59 Å². The zero-order valence-electron chi connectivity index (χ0n) is 14.7. The average Bonchev–Trinajstić information content (AvgIpc) is 2.46. The van der Waals surface area contributed by atoms with Crippen molar-refractivity contribution in [1.29, 1.82) is 0 Å². The van der Waals surface area contributed by atoms with Crippen molar-refractivity contribution in [3.63, 3.8) is 0 Å². The molecule has 0 saturated heterocycles. The molecule has 1 atom stereocenters. The van der Waals surface area contributed by atoms with Gasteiger partial charge in [-0.25, -0.2) is 0 Å². The van der Waals surface area contributed by atoms with Crippen LogP contribution in [0.15, 0.2) is 0 Å². The normalized spacial score (nSPS) is 12.0. The van der Waals surface area contributed by atoms with Crippen molar-refractivity contribution < 1.29 is 19.1 Å². The highest BCUT2D eigenvalue weighted by Crippen LogP contribution is 2.15. The van der Waals surface area contributed by atoms with Crippen LogP contribution in [0.2, 0.25) is 0 Å². The van der Waals surface area contributed by atoms with E-state index >= 15 is 0 Å². The molecule has 0 aliphatic carbocycles. The fraction of sp³-hybridized carbons (Fsp3) is 0.889. The van der Waals surface area contributed by atoms with Crippen LogP contribution >= 0.6 is 0 Å². The van der Waals surface area contributed by atoms with E-state index in [1.165, 1.54) is 32.1 Å². The quantitative estimate of drug-likeness (QED) is 0.346. The lowest BCUT2D eigenvalue weighted by Gasteiger charge is -2.10. The summed E-state index contributed by atoms with van der Waals surface area (Å²) in [7, 11) is 0. The van der Waals surface area contributed by atoms with Crippen LogP contribution in [0.3, 0.4) is 0 Å². The third-order valence-corrected chi connectivity index (χ3v) is 3.70. The van der Waals surface area contributed by atoms with Gasteiger partial charge in [0.15, 0.2) is 0 Å². The first-order valence-corrected chi connectivity index (χ1v) is 8.91. The molecule has 0 aromatic carbocycles. The van der Waals surface area contributed by atoms with Crippen LogP contribution in [0.5, 0.6) is 0 Å². The minimum absolute atomic E-state index is 0.0712. The predicted octanol–water partition coefficient (Wildman–Crippen LogP) is 4.65. The molecule has 0 aromatic rings. The van der Waals surface area contributed by atoms with Gasteiger partial charge in [0, 0.05) is 12.8 Å². The number of esters is 2. The summed E-state index contributed by atoms with van der Waals surface area (Å²) in [5.41, 5.74) is 0. The maximum Gasteiger partial charge on any atom is 0.306 e. The Morgan fingerprint density at radius 3 is 1.86 bits per heavy atom. The molecule has 4 heteroatoms. The Morgan fingerprint density at radius 2 is 1.27 bits per heavy atom. The molecule has 0 bridgehead atoms. The molecular weight excluding hydrogens is 280 g/mol. The van der Waals surface area contributed by atoms with Crippen molar-refractivity contribution in [3.8, 4) is 0 Å². The Hall–Kier alpha value is -1.06. The summed E-state index contributed by atoms with van der Waals surface area (Å²) in [6.07, 6.45) is 10.3. The van der Waals surface area contributed by atoms with E-state index < -0.39 is 0 Å². The van der Waals surface area contributed by atoms with Crippen LogP contribution in [0, 0.1) is 5.92 Å². The second kappa shape index (κ2) is 14.9. The van der Waals surface area contributed by atoms with Gasteiger partial charge in [-0.1, -0.05) is 51.9 Å². The summed E-state index contributed by atoms with van der Waals surface area (Å²) in [6, 6.07) is 0. The fourth-order valence-electron chi connectivity index (χ4n) is 2.49. The largest absolute Gasteiger partial charge is 0.466 e. The number of hydrogen-bond acceptors (Lipinski definition) is 4. The first-order chi connectivity index (χ1) is 10.6. The van der Waals surface area contributed by atoms with E-state index in [1.807, 2.05) is 13.8 Å². The van der Waals surface area contributed by atoms with Gasteiger partial charge in [0.1, 0.15) is 0 Å². The highest BCUT2D eigenvalue weighted by molar-refractivity contribution is 5.69. The molecule has 22 heavy (non-hydrogen) atoms. The summed E-state index contributed by atoms with van der Waals surface area (Å²) < 4.78 is 9.85. The van der Waals surface area contributed by atoms with Crippen LogP contribution in [0.4, 0.5) is 0 Å². The highest BCUT2D eigenvalue weighted by Gasteiger charge is 2.09. The van der Waals surface area contributed by atoms with Crippen molar-refractivity contribution in [2.45, 2.75) is 85.0 Å². The lowest BCUT2D eigenvalue weighted by Crippen LogP contribution is -2.09. The van der Waals surface area contributed by atoms with Crippen molar-refractivity contribution >= 4 is 11.9 Å². The number of carbonyl (C=O) groups excluding carboxylic acids is 2. The molecule has 4 nitrogen and oxygen atoms in total. The standard InChI is InChI=1S/C18H34O4/c1-4-21-17(19)14-12-10-8-6-7-9-11-13-16(3)15-18(20)22-5-2/h16H,4-15H2,1-3H3. The van der Waals surface area contributed by atoms with Crippen LogP contribution in [-0.2, 0) is 19.1 Å². The van der Waals surface area contributed by atoms with Gasteiger partial charge < -0.3 is 9.47 Å². The molecule has 0 aromatic heterocycles. The third-order valence-electron chi connectivity index (χ3n) is 3.70. The van der Waals surface area contributed by atoms with Crippen molar-refractivity contribution in [2.24, 2.45) is 5.92 Å². The van der Waals surface area contributed by atoms with Crippen molar-refractivity contribution in [2.75, 3.05) is 13.2 Å². The van der Waals surface area contributed by atoms with E-state index in [0.29, 0.717) is 32.0 Å². The highest BCUT2D eigenvalue weighted by atomic mass is 16.5. The third kappa shape index (κ3) is 13.9. The van der Waals surface area contributed by atoms with Crippen LogP contribution in [-0.4, -0.2) is 25.2 Å². The molecule has 1 unspecified atom stereocenters. The molecule has 0 heterocycles. The Labute approximate surface area is 135 Å². The molecule has 0 saturated carbocycles. The number of carbonyl (C=O) groups is 2. The van der Waals surface area contributed by atoms with E-state index in [4.69, 9.17) is 9.47 Å². The molecule has 0 amide bonds. The van der Waals surface area contributed by atoms with Gasteiger partial charge in [-0.05, 0) is 26.2 Å². The lowest BCUT2D eigenvalue weighted by molar-refractivity contribution is -0.144. The summed E-state index contributed by atoms with van der Waals surface area (Å²) in [6.45, 7) is 6.75. The number of ether oxygens (including phenoxy) is 2. The number of unbranched alkanes of at least 4 members (excludes halogenated alkanes) is 6. The van der Waals surface area contributed by atoms with Gasteiger partial charge >= 0.3 is 11.9 Å². The van der Waals surface area contributed by atoms with Crippen LogP contribution < -0.4 is 0 Å². The minimum atomic E-state index is -0.0726. The SMILES string of the molecule is CCOC(=O)CCCCCCCCCC(C)CC(=O)OCC. The fourth-order valence-corrected chi connectivity index (χ4v) is 2.49. The molecule has 130 valence electrons. The zero-order valence-corrected chi connectivity index (χ0v) is 14.7. The number of rotatable bonds is 14. The van der Waals surface area contributed by atoms with Crippen LogP contribution in [0.1, 0.15) is 85.0 Å². The van der Waals surface area contributed by atoms with Crippen LogP contribution in [0.25, 0.3) is 0 Å². The topological polar surface area (TPSA) is 52.6 Å². The molecule has 0 aliphatic rings. The van der Waals surface area contributed by atoms with Gasteiger partial charge in [-0.3, -0.25) is 9.59 Å². The minimum Gasteiger partial charge on any atom is -0.466 e. The van der Waals surface area contributed by atoms with Gasteiger partial charge in [-0.2, -0.15) is 0 Å². The Kier molecular flexibility index (Phi) is 14.1. The number of hydrogen-bond donors (Lipinski definition) is 0. The van der Waals surface area contributed by atoms with Gasteiger partial charge in [-0.15, -0.1) is 0 Å². The molecule has 0 radical (unpaired) electrons. The van der Waals surface area contributed by atoms with Crippen molar-refractivity contribution in [3.05, 3.63) is 0 Å². The molecule has 0 rings (SSSR count).